The number of urea groups is 1. The average molecular weight is 391 g/mol. The van der Waals surface area contributed by atoms with Gasteiger partial charge in [-0.25, -0.2) is 4.79 Å². The Hall–Kier alpha value is -2.71. The summed E-state index contributed by atoms with van der Waals surface area (Å²) < 4.78 is 5.00. The Kier molecular flexibility index (Phi) is 6.11. The van der Waals surface area contributed by atoms with Crippen LogP contribution in [0.15, 0.2) is 12.2 Å². The minimum atomic E-state index is -1.22. The number of ether oxygens (including phenoxy) is 1. The fourth-order valence-electron chi connectivity index (χ4n) is 3.95. The largest absolute Gasteiger partial charge is 0.451 e. The average Bonchev–Trinajstić information content (AvgIpc) is 3.24. The van der Waals surface area contributed by atoms with Gasteiger partial charge < -0.3 is 10.1 Å². The van der Waals surface area contributed by atoms with Crippen molar-refractivity contribution in [2.24, 2.45) is 11.8 Å². The van der Waals surface area contributed by atoms with E-state index in [-0.39, 0.29) is 17.9 Å². The summed E-state index contributed by atoms with van der Waals surface area (Å²) in [7, 11) is 0. The van der Waals surface area contributed by atoms with Gasteiger partial charge in [-0.15, -0.1) is 0 Å². The molecular weight excluding hydrogens is 366 g/mol. The number of esters is 1. The Bertz CT molecular complexity index is 686. The van der Waals surface area contributed by atoms with Crippen molar-refractivity contribution in [1.29, 1.82) is 0 Å². The van der Waals surface area contributed by atoms with Crippen molar-refractivity contribution in [3.63, 3.8) is 0 Å². The Morgan fingerprint density at radius 2 is 1.68 bits per heavy atom. The number of amides is 5. The van der Waals surface area contributed by atoms with Crippen LogP contribution in [0.2, 0.25) is 0 Å². The Morgan fingerprint density at radius 1 is 1.11 bits per heavy atom. The molecule has 1 saturated carbocycles. The van der Waals surface area contributed by atoms with Crippen molar-refractivity contribution >= 4 is 29.7 Å². The van der Waals surface area contributed by atoms with Crippen molar-refractivity contribution in [3.05, 3.63) is 12.2 Å². The van der Waals surface area contributed by atoms with Crippen LogP contribution in [-0.4, -0.2) is 53.3 Å². The molecule has 1 aliphatic heterocycles. The minimum Gasteiger partial charge on any atom is -0.451 e. The molecule has 28 heavy (non-hydrogen) atoms. The Balaban J connectivity index is 1.46. The quantitative estimate of drug-likeness (QED) is 0.403. The first kappa shape index (κ1) is 20.0. The number of fused-ring (bicyclic) bond motifs is 1. The maximum atomic E-state index is 12.3. The molecule has 3 aliphatic rings. The van der Waals surface area contributed by atoms with Gasteiger partial charge in [0.1, 0.15) is 6.54 Å². The highest BCUT2D eigenvalue weighted by Crippen LogP contribution is 2.34. The summed E-state index contributed by atoms with van der Waals surface area (Å²) >= 11 is 0. The van der Waals surface area contributed by atoms with Crippen LogP contribution in [0.3, 0.4) is 0 Å². The number of hydrogen-bond acceptors (Lipinski definition) is 6. The molecule has 152 valence electrons. The zero-order chi connectivity index (χ0) is 20.3. The Morgan fingerprint density at radius 3 is 2.25 bits per heavy atom. The zero-order valence-corrected chi connectivity index (χ0v) is 15.8. The van der Waals surface area contributed by atoms with Crippen LogP contribution in [0.1, 0.15) is 45.4 Å². The van der Waals surface area contributed by atoms with E-state index in [1.54, 1.807) is 0 Å². The molecule has 3 atom stereocenters. The summed E-state index contributed by atoms with van der Waals surface area (Å²) in [6, 6.07) is -0.572. The lowest BCUT2D eigenvalue weighted by Crippen LogP contribution is -2.48. The number of allylic oxidation sites excluding steroid dienone is 2. The van der Waals surface area contributed by atoms with E-state index >= 15 is 0 Å². The van der Waals surface area contributed by atoms with Gasteiger partial charge in [-0.3, -0.25) is 29.4 Å². The number of carbonyl (C=O) groups is 5. The predicted molar refractivity (Wildman–Crippen MR) is 96.6 cm³/mol. The summed E-state index contributed by atoms with van der Waals surface area (Å²) in [5, 5.41) is 4.84. The number of likely N-dealkylation sites (tertiary alicyclic amines) is 1. The van der Waals surface area contributed by atoms with Gasteiger partial charge in [0.2, 0.25) is 11.8 Å². The van der Waals surface area contributed by atoms with Gasteiger partial charge in [-0.2, -0.15) is 0 Å². The van der Waals surface area contributed by atoms with Gasteiger partial charge in [-0.1, -0.05) is 25.0 Å². The van der Waals surface area contributed by atoms with Crippen LogP contribution in [0, 0.1) is 11.8 Å². The topological polar surface area (TPSA) is 122 Å². The number of nitrogens with one attached hydrogen (secondary N) is 2. The van der Waals surface area contributed by atoms with Gasteiger partial charge in [0.15, 0.2) is 6.10 Å². The van der Waals surface area contributed by atoms with E-state index in [1.807, 2.05) is 12.2 Å². The van der Waals surface area contributed by atoms with Crippen LogP contribution < -0.4 is 10.6 Å². The van der Waals surface area contributed by atoms with Gasteiger partial charge in [0.05, 0.1) is 11.8 Å². The lowest BCUT2D eigenvalue weighted by atomic mass is 9.85. The van der Waals surface area contributed by atoms with Crippen molar-refractivity contribution in [3.8, 4) is 0 Å². The molecule has 2 N–H and O–H groups in total. The second kappa shape index (κ2) is 8.53. The summed E-state index contributed by atoms with van der Waals surface area (Å²) in [5.41, 5.74) is 0. The third-order valence-electron chi connectivity index (χ3n) is 5.49. The number of nitrogens with zero attached hydrogens (tertiary/aromatic N) is 1. The van der Waals surface area contributed by atoms with E-state index in [2.05, 4.69) is 10.6 Å². The first-order valence-electron chi connectivity index (χ1n) is 9.68. The molecule has 9 nitrogen and oxygen atoms in total. The number of hydrogen-bond donors (Lipinski definition) is 2. The number of rotatable bonds is 5. The third kappa shape index (κ3) is 4.40. The highest BCUT2D eigenvalue weighted by atomic mass is 16.5. The van der Waals surface area contributed by atoms with Gasteiger partial charge in [0.25, 0.3) is 5.91 Å². The summed E-state index contributed by atoms with van der Waals surface area (Å²) in [6.07, 6.45) is 7.29. The third-order valence-corrected chi connectivity index (χ3v) is 5.49. The monoisotopic (exact) mass is 391 g/mol. The second-order valence-corrected chi connectivity index (χ2v) is 7.49. The second-order valence-electron chi connectivity index (χ2n) is 7.49. The molecule has 3 rings (SSSR count). The molecule has 0 aromatic rings. The standard InChI is InChI=1S/C19H25N3O6/c1-11(16(24)21-19(27)20-12-6-2-3-7-12)28-15(23)10-22-17(25)13-8-4-5-9-14(13)18(22)26/h4-5,11-14H,2-3,6-10H2,1H3,(H2,20,21,24,27)/t11-,13-,14-/m0/s1. The molecule has 0 bridgehead atoms. The van der Waals surface area contributed by atoms with Crippen molar-refractivity contribution in [1.82, 2.24) is 15.5 Å². The van der Waals surface area contributed by atoms with E-state index in [1.165, 1.54) is 6.92 Å². The molecule has 0 aromatic carbocycles. The molecule has 1 heterocycles. The predicted octanol–water partition coefficient (Wildman–Crippen LogP) is 0.638. The van der Waals surface area contributed by atoms with E-state index in [0.717, 1.165) is 30.6 Å². The van der Waals surface area contributed by atoms with E-state index in [9.17, 15) is 24.0 Å². The SMILES string of the molecule is C[C@H](OC(=O)CN1C(=O)[C@H]2CC=CC[C@@H]2C1=O)C(=O)NC(=O)NC1CCCC1. The minimum absolute atomic E-state index is 0.0517. The van der Waals surface area contributed by atoms with Crippen LogP contribution in [-0.2, 0) is 23.9 Å². The maximum absolute atomic E-state index is 12.3. The molecule has 0 spiro atoms. The highest BCUT2D eigenvalue weighted by molar-refractivity contribution is 6.07. The van der Waals surface area contributed by atoms with Crippen molar-refractivity contribution in [2.75, 3.05) is 6.54 Å². The van der Waals surface area contributed by atoms with Crippen LogP contribution >= 0.6 is 0 Å². The number of imide groups is 2. The van der Waals surface area contributed by atoms with E-state index < -0.39 is 42.4 Å². The molecular formula is C19H25N3O6. The Labute approximate surface area is 162 Å². The maximum Gasteiger partial charge on any atom is 0.326 e. The zero-order valence-electron chi connectivity index (χ0n) is 15.8. The molecule has 2 aliphatic carbocycles. The van der Waals surface area contributed by atoms with Gasteiger partial charge in [-0.05, 0) is 32.6 Å². The summed E-state index contributed by atoms with van der Waals surface area (Å²) in [5.74, 6) is -3.25. The first-order chi connectivity index (χ1) is 13.4. The van der Waals surface area contributed by atoms with Gasteiger partial charge >= 0.3 is 12.0 Å². The highest BCUT2D eigenvalue weighted by Gasteiger charge is 2.47. The fourth-order valence-corrected chi connectivity index (χ4v) is 3.95. The number of carbonyl (C=O) groups excluding carboxylic acids is 5. The molecule has 1 saturated heterocycles. The molecule has 5 amide bonds. The summed E-state index contributed by atoms with van der Waals surface area (Å²) in [4.78, 5) is 61.6. The lowest BCUT2D eigenvalue weighted by molar-refractivity contribution is -0.159. The molecule has 0 radical (unpaired) electrons. The molecule has 9 heteroatoms. The normalized spacial score (nSPS) is 25.4. The summed E-state index contributed by atoms with van der Waals surface area (Å²) in [6.45, 7) is 0.796. The van der Waals surface area contributed by atoms with Crippen molar-refractivity contribution < 1.29 is 28.7 Å². The first-order valence-corrected chi connectivity index (χ1v) is 9.68. The van der Waals surface area contributed by atoms with Crippen LogP contribution in [0.4, 0.5) is 4.79 Å². The van der Waals surface area contributed by atoms with Gasteiger partial charge in [0, 0.05) is 6.04 Å². The van der Waals surface area contributed by atoms with E-state index in [0.29, 0.717) is 12.8 Å². The molecule has 0 unspecified atom stereocenters. The lowest BCUT2D eigenvalue weighted by Gasteiger charge is -2.17. The van der Waals surface area contributed by atoms with E-state index in [4.69, 9.17) is 4.74 Å². The smallest absolute Gasteiger partial charge is 0.326 e. The van der Waals surface area contributed by atoms with Crippen LogP contribution in [0.25, 0.3) is 0 Å². The fraction of sp³-hybridized carbons (Fsp3) is 0.632. The van der Waals surface area contributed by atoms with Crippen LogP contribution in [0.5, 0.6) is 0 Å². The molecule has 2 fully saturated rings. The van der Waals surface area contributed by atoms with Crippen molar-refractivity contribution in [2.45, 2.75) is 57.6 Å². The molecule has 0 aromatic heterocycles.